The molecule has 1 aliphatic rings. The molecule has 0 amide bonds. The molecule has 3 rings (SSSR count). The topological polar surface area (TPSA) is 123 Å². The summed E-state index contributed by atoms with van der Waals surface area (Å²) < 4.78 is 28.7. The Balaban J connectivity index is 1.69. The van der Waals surface area contributed by atoms with Crippen LogP contribution in [0.25, 0.3) is 0 Å². The van der Waals surface area contributed by atoms with Gasteiger partial charge in [-0.25, -0.2) is 8.42 Å². The molecular formula is C18H25N5O5S. The van der Waals surface area contributed by atoms with Gasteiger partial charge in [-0.1, -0.05) is 25.9 Å². The van der Waals surface area contributed by atoms with Crippen molar-refractivity contribution in [3.8, 4) is 0 Å². The van der Waals surface area contributed by atoms with Crippen LogP contribution in [-0.2, 0) is 21.8 Å². The Morgan fingerprint density at radius 1 is 1.21 bits per heavy atom. The first-order valence-corrected chi connectivity index (χ1v) is 11.1. The maximum absolute atomic E-state index is 11.7. The van der Waals surface area contributed by atoms with Crippen LogP contribution in [0.3, 0.4) is 0 Å². The Morgan fingerprint density at radius 2 is 1.86 bits per heavy atom. The quantitative estimate of drug-likeness (QED) is 0.525. The second-order valence-corrected chi connectivity index (χ2v) is 10.2. The fourth-order valence-corrected chi connectivity index (χ4v) is 3.76. The monoisotopic (exact) mass is 423 g/mol. The molecule has 0 saturated carbocycles. The van der Waals surface area contributed by atoms with Crippen LogP contribution in [-0.4, -0.2) is 60.8 Å². The van der Waals surface area contributed by atoms with Crippen LogP contribution in [0.2, 0.25) is 0 Å². The van der Waals surface area contributed by atoms with Crippen LogP contribution >= 0.6 is 0 Å². The van der Waals surface area contributed by atoms with E-state index in [1.165, 1.54) is 12.1 Å². The van der Waals surface area contributed by atoms with Crippen molar-refractivity contribution in [2.45, 2.75) is 37.6 Å². The number of hydrogen-bond donors (Lipinski definition) is 0. The van der Waals surface area contributed by atoms with Gasteiger partial charge in [0.1, 0.15) is 5.69 Å². The van der Waals surface area contributed by atoms with Gasteiger partial charge in [0.15, 0.2) is 15.7 Å². The third kappa shape index (κ3) is 4.91. The van der Waals surface area contributed by atoms with Crippen molar-refractivity contribution in [2.75, 3.05) is 37.3 Å². The molecule has 0 radical (unpaired) electrons. The zero-order valence-corrected chi connectivity index (χ0v) is 17.8. The van der Waals surface area contributed by atoms with Gasteiger partial charge in [0.25, 0.3) is 5.69 Å². The molecule has 1 fully saturated rings. The minimum Gasteiger partial charge on any atom is -0.363 e. The summed E-state index contributed by atoms with van der Waals surface area (Å²) >= 11 is 0. The van der Waals surface area contributed by atoms with Gasteiger partial charge in [-0.05, 0) is 12.1 Å². The lowest BCUT2D eigenvalue weighted by atomic mass is 9.97. The van der Waals surface area contributed by atoms with E-state index in [-0.39, 0.29) is 16.0 Å². The summed E-state index contributed by atoms with van der Waals surface area (Å²) in [5, 5.41) is 15.5. The first-order valence-electron chi connectivity index (χ1n) is 9.24. The second kappa shape index (κ2) is 7.71. The van der Waals surface area contributed by atoms with Crippen molar-refractivity contribution >= 4 is 21.2 Å². The number of piperazine rings is 1. The summed E-state index contributed by atoms with van der Waals surface area (Å²) in [6, 6.07) is 4.06. The molecule has 158 valence electrons. The van der Waals surface area contributed by atoms with Gasteiger partial charge in [-0.15, -0.1) is 0 Å². The Labute approximate surface area is 169 Å². The van der Waals surface area contributed by atoms with E-state index in [0.29, 0.717) is 50.1 Å². The van der Waals surface area contributed by atoms with Crippen LogP contribution in [0.5, 0.6) is 0 Å². The molecular weight excluding hydrogens is 398 g/mol. The first-order chi connectivity index (χ1) is 13.4. The van der Waals surface area contributed by atoms with E-state index in [2.05, 4.69) is 15.0 Å². The minimum atomic E-state index is -3.51. The molecule has 1 aromatic carbocycles. The minimum absolute atomic E-state index is 0.0571. The van der Waals surface area contributed by atoms with Crippen molar-refractivity contribution < 1.29 is 17.9 Å². The summed E-state index contributed by atoms with van der Waals surface area (Å²) in [6.07, 6.45) is 1.04. The molecule has 0 N–H and O–H groups in total. The predicted molar refractivity (Wildman–Crippen MR) is 107 cm³/mol. The predicted octanol–water partition coefficient (Wildman–Crippen LogP) is 2.00. The fraction of sp³-hybridized carbons (Fsp3) is 0.556. The highest BCUT2D eigenvalue weighted by molar-refractivity contribution is 7.90. The lowest BCUT2D eigenvalue weighted by Crippen LogP contribution is -2.46. The van der Waals surface area contributed by atoms with Gasteiger partial charge in [-0.2, -0.15) is 4.98 Å². The smallest absolute Gasteiger partial charge is 0.293 e. The molecule has 1 saturated heterocycles. The van der Waals surface area contributed by atoms with Gasteiger partial charge in [0.2, 0.25) is 5.89 Å². The summed E-state index contributed by atoms with van der Waals surface area (Å²) in [5.41, 5.74) is 0.0204. The summed E-state index contributed by atoms with van der Waals surface area (Å²) in [7, 11) is -3.51. The van der Waals surface area contributed by atoms with E-state index in [1.807, 2.05) is 25.7 Å². The highest BCUT2D eigenvalue weighted by Crippen LogP contribution is 2.31. The van der Waals surface area contributed by atoms with Gasteiger partial charge in [-0.3, -0.25) is 15.0 Å². The van der Waals surface area contributed by atoms with E-state index in [9.17, 15) is 18.5 Å². The maximum Gasteiger partial charge on any atom is 0.293 e. The molecule has 0 atom stereocenters. The van der Waals surface area contributed by atoms with Crippen LogP contribution in [0.1, 0.15) is 32.5 Å². The number of rotatable bonds is 5. The highest BCUT2D eigenvalue weighted by Gasteiger charge is 2.27. The van der Waals surface area contributed by atoms with Crippen LogP contribution < -0.4 is 4.90 Å². The van der Waals surface area contributed by atoms with Crippen molar-refractivity contribution in [3.05, 3.63) is 40.0 Å². The third-order valence-corrected chi connectivity index (χ3v) is 5.87. The lowest BCUT2D eigenvalue weighted by molar-refractivity contribution is -0.384. The van der Waals surface area contributed by atoms with Gasteiger partial charge in [0.05, 0.1) is 16.4 Å². The van der Waals surface area contributed by atoms with E-state index in [4.69, 9.17) is 4.52 Å². The van der Waals surface area contributed by atoms with Crippen LogP contribution in [0, 0.1) is 10.1 Å². The lowest BCUT2D eigenvalue weighted by Gasteiger charge is -2.35. The first kappa shape index (κ1) is 21.2. The number of nitro benzene ring substituents is 1. The van der Waals surface area contributed by atoms with Gasteiger partial charge in [0, 0.05) is 43.9 Å². The number of anilines is 1. The van der Waals surface area contributed by atoms with Gasteiger partial charge >= 0.3 is 0 Å². The Kier molecular flexibility index (Phi) is 5.63. The molecule has 10 nitrogen and oxygen atoms in total. The summed E-state index contributed by atoms with van der Waals surface area (Å²) in [4.78, 5) is 19.4. The summed E-state index contributed by atoms with van der Waals surface area (Å²) in [6.45, 7) is 9.05. The van der Waals surface area contributed by atoms with Crippen molar-refractivity contribution in [1.82, 2.24) is 15.0 Å². The number of sulfone groups is 1. The molecule has 2 heterocycles. The highest BCUT2D eigenvalue weighted by atomic mass is 32.2. The van der Waals surface area contributed by atoms with E-state index in [0.717, 1.165) is 12.3 Å². The van der Waals surface area contributed by atoms with Gasteiger partial charge < -0.3 is 9.42 Å². The number of benzene rings is 1. The molecule has 0 aliphatic carbocycles. The molecule has 0 bridgehead atoms. The average molecular weight is 423 g/mol. The zero-order chi connectivity index (χ0) is 21.4. The third-order valence-electron chi connectivity index (χ3n) is 4.76. The molecule has 1 aliphatic heterocycles. The Bertz CT molecular complexity index is 1000. The number of hydrogen-bond acceptors (Lipinski definition) is 9. The Hall–Kier alpha value is -2.53. The van der Waals surface area contributed by atoms with E-state index >= 15 is 0 Å². The molecule has 0 spiro atoms. The Morgan fingerprint density at radius 3 is 2.38 bits per heavy atom. The standard InChI is InChI=1S/C18H25N5O5S/c1-18(2,3)17-19-16(20-28-17)12-21-7-9-22(10-8-21)14-6-5-13(29(4,26)27)11-15(14)23(24)25/h5-6,11H,7-10,12H2,1-4H3. The van der Waals surface area contributed by atoms with E-state index < -0.39 is 14.8 Å². The molecule has 29 heavy (non-hydrogen) atoms. The van der Waals surface area contributed by atoms with Crippen LogP contribution in [0.4, 0.5) is 11.4 Å². The van der Waals surface area contributed by atoms with Crippen molar-refractivity contribution in [3.63, 3.8) is 0 Å². The number of nitrogens with zero attached hydrogens (tertiary/aromatic N) is 5. The largest absolute Gasteiger partial charge is 0.363 e. The molecule has 11 heteroatoms. The second-order valence-electron chi connectivity index (χ2n) is 8.21. The zero-order valence-electron chi connectivity index (χ0n) is 17.0. The van der Waals surface area contributed by atoms with Crippen molar-refractivity contribution in [2.24, 2.45) is 0 Å². The number of nitro groups is 1. The van der Waals surface area contributed by atoms with Crippen molar-refractivity contribution in [1.29, 1.82) is 0 Å². The fourth-order valence-electron chi connectivity index (χ4n) is 3.12. The SMILES string of the molecule is CC(C)(C)c1nc(CN2CCN(c3ccc(S(C)(=O)=O)cc3[N+](=O)[O-])CC2)no1. The molecule has 2 aromatic rings. The number of aromatic nitrogens is 2. The normalized spacial score (nSPS) is 16.2. The van der Waals surface area contributed by atoms with Crippen LogP contribution in [0.15, 0.2) is 27.6 Å². The maximum atomic E-state index is 11.7. The molecule has 0 unspecified atom stereocenters. The van der Waals surface area contributed by atoms with E-state index in [1.54, 1.807) is 0 Å². The summed E-state index contributed by atoms with van der Waals surface area (Å²) in [5.74, 6) is 1.21. The average Bonchev–Trinajstić information content (AvgIpc) is 3.10. The molecule has 1 aromatic heterocycles.